The fourth-order valence-corrected chi connectivity index (χ4v) is 2.47. The maximum Gasteiger partial charge on any atom is 0.236 e. The van der Waals surface area contributed by atoms with Gasteiger partial charge in [-0.1, -0.05) is 29.8 Å². The Morgan fingerprint density at radius 3 is 2.87 bits per heavy atom. The molecule has 0 bridgehead atoms. The van der Waals surface area contributed by atoms with Gasteiger partial charge in [-0.05, 0) is 36.8 Å². The van der Waals surface area contributed by atoms with E-state index in [1.807, 2.05) is 49.4 Å². The molecule has 0 heterocycles. The van der Waals surface area contributed by atoms with E-state index in [0.29, 0.717) is 24.7 Å². The summed E-state index contributed by atoms with van der Waals surface area (Å²) in [4.78, 5) is 10.8. The lowest BCUT2D eigenvalue weighted by Gasteiger charge is -2.32. The number of carbonyl (C=O) groups is 1. The Morgan fingerprint density at radius 1 is 1.43 bits per heavy atom. The molecule has 6 heteroatoms. The highest BCUT2D eigenvalue weighted by atomic mass is 35.5. The molecular formula is C17H21ClN2O3. The van der Waals surface area contributed by atoms with Gasteiger partial charge in [0.1, 0.15) is 0 Å². The molecule has 1 atom stereocenters. The number of hydrogen-bond acceptors (Lipinski definition) is 4. The minimum Gasteiger partial charge on any atom is -0.376 e. The van der Waals surface area contributed by atoms with Crippen LogP contribution in [0.4, 0.5) is 0 Å². The van der Waals surface area contributed by atoms with Crippen molar-refractivity contribution in [1.29, 1.82) is 0 Å². The van der Waals surface area contributed by atoms with Gasteiger partial charge in [-0.2, -0.15) is 0 Å². The van der Waals surface area contributed by atoms with Crippen molar-refractivity contribution in [2.75, 3.05) is 13.2 Å². The van der Waals surface area contributed by atoms with Crippen LogP contribution in [0.2, 0.25) is 5.02 Å². The number of ether oxygens (including phenoxy) is 2. The normalized spacial score (nSPS) is 20.2. The first-order valence-corrected chi connectivity index (χ1v) is 7.85. The van der Waals surface area contributed by atoms with Crippen molar-refractivity contribution in [2.45, 2.75) is 25.7 Å². The Morgan fingerprint density at radius 2 is 2.26 bits per heavy atom. The summed E-state index contributed by atoms with van der Waals surface area (Å²) in [6.45, 7) is 2.94. The van der Waals surface area contributed by atoms with Crippen molar-refractivity contribution in [1.82, 2.24) is 5.32 Å². The summed E-state index contributed by atoms with van der Waals surface area (Å²) < 4.78 is 11.8. The van der Waals surface area contributed by atoms with Gasteiger partial charge in [0, 0.05) is 23.7 Å². The third kappa shape index (κ3) is 5.39. The minimum absolute atomic E-state index is 0.0984. The summed E-state index contributed by atoms with van der Waals surface area (Å²) in [5, 5.41) is 3.63. The summed E-state index contributed by atoms with van der Waals surface area (Å²) >= 11 is 5.99. The van der Waals surface area contributed by atoms with Gasteiger partial charge in [0.25, 0.3) is 0 Å². The molecule has 5 nitrogen and oxygen atoms in total. The number of amides is 1. The minimum atomic E-state index is -0.811. The molecule has 3 N–H and O–H groups in total. The van der Waals surface area contributed by atoms with Gasteiger partial charge in [-0.25, -0.2) is 0 Å². The molecule has 1 aliphatic rings. The van der Waals surface area contributed by atoms with E-state index < -0.39 is 11.7 Å². The summed E-state index contributed by atoms with van der Waals surface area (Å²) in [5.41, 5.74) is 6.92. The van der Waals surface area contributed by atoms with Gasteiger partial charge in [0.05, 0.1) is 13.2 Å². The molecule has 23 heavy (non-hydrogen) atoms. The highest BCUT2D eigenvalue weighted by Crippen LogP contribution is 2.27. The van der Waals surface area contributed by atoms with E-state index in [0.717, 1.165) is 11.3 Å². The fraction of sp³-hybridized carbons (Fsp3) is 0.353. The van der Waals surface area contributed by atoms with E-state index in [2.05, 4.69) is 5.32 Å². The van der Waals surface area contributed by atoms with Gasteiger partial charge < -0.3 is 20.5 Å². The fourth-order valence-electron chi connectivity index (χ4n) is 2.26. The molecule has 0 fully saturated rings. The molecule has 0 saturated carbocycles. The third-order valence-electron chi connectivity index (χ3n) is 3.35. The maximum atomic E-state index is 10.8. The zero-order valence-corrected chi connectivity index (χ0v) is 13.8. The molecule has 0 radical (unpaired) electrons. The van der Waals surface area contributed by atoms with Crippen LogP contribution in [-0.2, 0) is 20.9 Å². The largest absolute Gasteiger partial charge is 0.376 e. The number of benzene rings is 1. The number of primary amides is 1. The zero-order valence-electron chi connectivity index (χ0n) is 13.0. The van der Waals surface area contributed by atoms with Crippen LogP contribution >= 0.6 is 11.6 Å². The number of carbonyl (C=O) groups excluding carboxylic acids is 1. The van der Waals surface area contributed by atoms with Crippen LogP contribution in [0.1, 0.15) is 18.9 Å². The van der Waals surface area contributed by atoms with Gasteiger partial charge in [-0.3, -0.25) is 4.79 Å². The molecule has 0 spiro atoms. The second-order valence-corrected chi connectivity index (χ2v) is 5.62. The predicted molar refractivity (Wildman–Crippen MR) is 89.6 cm³/mol. The molecule has 1 unspecified atom stereocenters. The maximum absolute atomic E-state index is 10.8. The first kappa shape index (κ1) is 17.5. The lowest BCUT2D eigenvalue weighted by Crippen LogP contribution is -2.36. The van der Waals surface area contributed by atoms with Gasteiger partial charge in [-0.15, -0.1) is 0 Å². The van der Waals surface area contributed by atoms with E-state index >= 15 is 0 Å². The molecule has 1 aromatic carbocycles. The summed E-state index contributed by atoms with van der Waals surface area (Å²) in [6.07, 6.45) is 6.15. The molecule has 124 valence electrons. The zero-order chi connectivity index (χ0) is 16.7. The Hall–Kier alpha value is -1.82. The summed E-state index contributed by atoms with van der Waals surface area (Å²) in [6, 6.07) is 7.53. The summed E-state index contributed by atoms with van der Waals surface area (Å²) in [5.74, 6) is -1.22. The third-order valence-corrected chi connectivity index (χ3v) is 3.59. The molecule has 1 aromatic rings. The molecule has 0 aromatic heterocycles. The Labute approximate surface area is 141 Å². The highest BCUT2D eigenvalue weighted by molar-refractivity contribution is 6.30. The Kier molecular flexibility index (Phi) is 6.21. The monoisotopic (exact) mass is 336 g/mol. The Balaban J connectivity index is 1.98. The number of allylic oxidation sites excluding steroid dienone is 1. The van der Waals surface area contributed by atoms with Crippen LogP contribution in [0.25, 0.3) is 0 Å². The van der Waals surface area contributed by atoms with Crippen molar-refractivity contribution >= 4 is 17.5 Å². The van der Waals surface area contributed by atoms with Crippen LogP contribution in [0, 0.1) is 0 Å². The Bertz CT molecular complexity index is 616. The van der Waals surface area contributed by atoms with E-state index in [4.69, 9.17) is 26.8 Å². The van der Waals surface area contributed by atoms with Gasteiger partial charge in [0.2, 0.25) is 5.91 Å². The molecule has 0 aliphatic heterocycles. The molecule has 0 saturated heterocycles. The van der Waals surface area contributed by atoms with Crippen molar-refractivity contribution in [2.24, 2.45) is 5.73 Å². The van der Waals surface area contributed by atoms with Crippen LogP contribution in [-0.4, -0.2) is 24.8 Å². The van der Waals surface area contributed by atoms with Crippen LogP contribution in [0.3, 0.4) is 0 Å². The number of rotatable bonds is 8. The second-order valence-electron chi connectivity index (χ2n) is 5.18. The van der Waals surface area contributed by atoms with Crippen molar-refractivity contribution in [3.63, 3.8) is 0 Å². The standard InChI is InChI=1S/C17H21ClN2O3/c1-2-22-17(23-12-13-4-3-5-14(18)10-13)8-6-15(7-9-17)20-11-16(19)21/h3-8,10,20H,2,9,11-12H2,1H3,(H2,19,21). The van der Waals surface area contributed by atoms with E-state index in [1.54, 1.807) is 0 Å². The predicted octanol–water partition coefficient (Wildman–Crippen LogP) is 2.51. The summed E-state index contributed by atoms with van der Waals surface area (Å²) in [7, 11) is 0. The quantitative estimate of drug-likeness (QED) is 0.715. The number of hydrogen-bond donors (Lipinski definition) is 2. The average molecular weight is 337 g/mol. The smallest absolute Gasteiger partial charge is 0.236 e. The van der Waals surface area contributed by atoms with E-state index in [-0.39, 0.29) is 6.54 Å². The topological polar surface area (TPSA) is 73.6 Å². The molecule has 1 amide bonds. The number of nitrogens with one attached hydrogen (secondary N) is 1. The average Bonchev–Trinajstić information content (AvgIpc) is 2.53. The second kappa shape index (κ2) is 8.15. The number of nitrogens with two attached hydrogens (primary N) is 1. The van der Waals surface area contributed by atoms with Crippen molar-refractivity contribution in [3.8, 4) is 0 Å². The van der Waals surface area contributed by atoms with Crippen molar-refractivity contribution < 1.29 is 14.3 Å². The van der Waals surface area contributed by atoms with Crippen LogP contribution < -0.4 is 11.1 Å². The SMILES string of the molecule is CCOC1(OCc2cccc(Cl)c2)C=CC(NCC(N)=O)=CC1. The molecular weight excluding hydrogens is 316 g/mol. The van der Waals surface area contributed by atoms with Crippen LogP contribution in [0.15, 0.2) is 48.2 Å². The number of halogens is 1. The van der Waals surface area contributed by atoms with Crippen molar-refractivity contribution in [3.05, 3.63) is 58.8 Å². The first-order valence-electron chi connectivity index (χ1n) is 7.47. The van der Waals surface area contributed by atoms with Gasteiger partial charge in [0.15, 0.2) is 5.79 Å². The van der Waals surface area contributed by atoms with E-state index in [1.165, 1.54) is 0 Å². The first-order chi connectivity index (χ1) is 11.0. The van der Waals surface area contributed by atoms with Crippen LogP contribution in [0.5, 0.6) is 0 Å². The molecule has 2 rings (SSSR count). The highest BCUT2D eigenvalue weighted by Gasteiger charge is 2.30. The van der Waals surface area contributed by atoms with Gasteiger partial charge >= 0.3 is 0 Å². The molecule has 1 aliphatic carbocycles. The van der Waals surface area contributed by atoms with E-state index in [9.17, 15) is 4.79 Å². The lowest BCUT2D eigenvalue weighted by molar-refractivity contribution is -0.207. The lowest BCUT2D eigenvalue weighted by atomic mass is 10.1.